The van der Waals surface area contributed by atoms with E-state index in [0.29, 0.717) is 17.9 Å². The average molecular weight is 444 g/mol. The van der Waals surface area contributed by atoms with E-state index in [1.165, 1.54) is 6.21 Å². The summed E-state index contributed by atoms with van der Waals surface area (Å²) in [4.78, 5) is 11.1. The Bertz CT molecular complexity index is 881. The molecule has 0 aliphatic heterocycles. The van der Waals surface area contributed by atoms with Gasteiger partial charge in [-0.15, -0.1) is 0 Å². The second kappa shape index (κ2) is 9.40. The molecule has 7 heteroatoms. The zero-order valence-corrected chi connectivity index (χ0v) is 15.2. The van der Waals surface area contributed by atoms with Crippen LogP contribution in [0.1, 0.15) is 23.1 Å². The Morgan fingerprint density at radius 3 is 2.80 bits per heavy atom. The van der Waals surface area contributed by atoms with Gasteiger partial charge in [-0.05, 0) is 52.4 Å². The molecule has 0 fully saturated rings. The number of nitrogens with zero attached hydrogens (tertiary/aromatic N) is 3. The van der Waals surface area contributed by atoms with E-state index in [1.54, 1.807) is 24.3 Å². The first-order valence-electron chi connectivity index (χ1n) is 7.23. The number of carbonyl (C=O) groups excluding carboxylic acids is 1. The number of ether oxygens (including phenoxy) is 1. The number of benzene rings is 2. The van der Waals surface area contributed by atoms with E-state index in [0.717, 1.165) is 14.7 Å². The first kappa shape index (κ1) is 18.4. The van der Waals surface area contributed by atoms with Crippen LogP contribution in [-0.2, 0) is 11.4 Å². The van der Waals surface area contributed by atoms with Crippen molar-refractivity contribution in [1.29, 1.82) is 10.5 Å². The highest BCUT2D eigenvalue weighted by molar-refractivity contribution is 14.1. The molecular formula is C18H13IN4O2. The van der Waals surface area contributed by atoms with Gasteiger partial charge < -0.3 is 4.74 Å². The molecule has 0 saturated carbocycles. The molecule has 0 aliphatic carbocycles. The highest BCUT2D eigenvalue weighted by Gasteiger charge is 2.05. The molecule has 2 aromatic carbocycles. The van der Waals surface area contributed by atoms with Crippen molar-refractivity contribution in [2.75, 3.05) is 0 Å². The molecule has 6 nitrogen and oxygen atoms in total. The number of halogens is 1. The fourth-order valence-electron chi connectivity index (χ4n) is 1.92. The monoisotopic (exact) mass is 444 g/mol. The van der Waals surface area contributed by atoms with E-state index < -0.39 is 5.91 Å². The minimum atomic E-state index is -0.454. The zero-order valence-electron chi connectivity index (χ0n) is 13.1. The van der Waals surface area contributed by atoms with E-state index in [1.807, 2.05) is 24.3 Å². The number of amides is 1. The van der Waals surface area contributed by atoms with Gasteiger partial charge in [0.15, 0.2) is 0 Å². The number of nitrogens with one attached hydrogen (secondary N) is 1. The van der Waals surface area contributed by atoms with Crippen LogP contribution in [0.3, 0.4) is 0 Å². The summed E-state index contributed by atoms with van der Waals surface area (Å²) in [7, 11) is 0. The smallest absolute Gasteiger partial charge is 0.254 e. The summed E-state index contributed by atoms with van der Waals surface area (Å²) in [5.41, 5.74) is 4.47. The number of rotatable bonds is 6. The SMILES string of the molecule is N#CCC(=O)N/N=C\c1ccc(OCc2ccccc2C#N)c(I)c1. The third-order valence-electron chi connectivity index (χ3n) is 3.12. The Balaban J connectivity index is 2.00. The van der Waals surface area contributed by atoms with Crippen molar-refractivity contribution in [2.24, 2.45) is 5.10 Å². The van der Waals surface area contributed by atoms with Gasteiger partial charge in [0.05, 0.1) is 27.5 Å². The van der Waals surface area contributed by atoms with Crippen LogP contribution in [0.5, 0.6) is 5.75 Å². The summed E-state index contributed by atoms with van der Waals surface area (Å²) >= 11 is 2.14. The second-order valence-corrected chi connectivity index (χ2v) is 6.04. The van der Waals surface area contributed by atoms with Crippen LogP contribution < -0.4 is 10.2 Å². The molecule has 0 atom stereocenters. The predicted molar refractivity (Wildman–Crippen MR) is 101 cm³/mol. The van der Waals surface area contributed by atoms with Crippen LogP contribution >= 0.6 is 22.6 Å². The molecule has 0 spiro atoms. The fourth-order valence-corrected chi connectivity index (χ4v) is 2.61. The van der Waals surface area contributed by atoms with Crippen LogP contribution in [-0.4, -0.2) is 12.1 Å². The lowest BCUT2D eigenvalue weighted by Gasteiger charge is -2.10. The number of hydrazone groups is 1. The Labute approximate surface area is 158 Å². The number of carbonyl (C=O) groups is 1. The van der Waals surface area contributed by atoms with Gasteiger partial charge in [0.1, 0.15) is 18.8 Å². The first-order valence-corrected chi connectivity index (χ1v) is 8.31. The zero-order chi connectivity index (χ0) is 18.1. The molecule has 2 rings (SSSR count). The van der Waals surface area contributed by atoms with E-state index >= 15 is 0 Å². The van der Waals surface area contributed by atoms with Crippen LogP contribution in [0.4, 0.5) is 0 Å². The highest BCUT2D eigenvalue weighted by Crippen LogP contribution is 2.23. The number of hydrogen-bond donors (Lipinski definition) is 1. The molecule has 0 unspecified atom stereocenters. The lowest BCUT2D eigenvalue weighted by atomic mass is 10.1. The van der Waals surface area contributed by atoms with Gasteiger partial charge in [0.25, 0.3) is 5.91 Å². The summed E-state index contributed by atoms with van der Waals surface area (Å²) in [5, 5.41) is 21.3. The van der Waals surface area contributed by atoms with Crippen molar-refractivity contribution in [2.45, 2.75) is 13.0 Å². The largest absolute Gasteiger partial charge is 0.488 e. The van der Waals surface area contributed by atoms with Crippen molar-refractivity contribution in [3.63, 3.8) is 0 Å². The maximum Gasteiger partial charge on any atom is 0.254 e. The Morgan fingerprint density at radius 1 is 1.28 bits per heavy atom. The number of nitriles is 2. The minimum Gasteiger partial charge on any atom is -0.488 e. The van der Waals surface area contributed by atoms with Crippen LogP contribution in [0.25, 0.3) is 0 Å². The third-order valence-corrected chi connectivity index (χ3v) is 3.96. The van der Waals surface area contributed by atoms with Crippen molar-refractivity contribution in [3.05, 3.63) is 62.7 Å². The summed E-state index contributed by atoms with van der Waals surface area (Å²) < 4.78 is 6.66. The molecule has 0 bridgehead atoms. The van der Waals surface area contributed by atoms with Gasteiger partial charge >= 0.3 is 0 Å². The highest BCUT2D eigenvalue weighted by atomic mass is 127. The molecular weight excluding hydrogens is 431 g/mol. The Hall–Kier alpha value is -2.91. The van der Waals surface area contributed by atoms with Gasteiger partial charge in [-0.3, -0.25) is 4.79 Å². The second-order valence-electron chi connectivity index (χ2n) is 4.88. The lowest BCUT2D eigenvalue weighted by molar-refractivity contribution is -0.120. The molecule has 0 heterocycles. The summed E-state index contributed by atoms with van der Waals surface area (Å²) in [6.07, 6.45) is 1.26. The van der Waals surface area contributed by atoms with Crippen LogP contribution in [0, 0.1) is 26.2 Å². The van der Waals surface area contributed by atoms with Gasteiger partial charge in [0.2, 0.25) is 0 Å². The summed E-state index contributed by atoms with van der Waals surface area (Å²) in [5.74, 6) is 0.239. The molecule has 0 saturated heterocycles. The van der Waals surface area contributed by atoms with Gasteiger partial charge in [0, 0.05) is 5.56 Å². The molecule has 1 amide bonds. The molecule has 25 heavy (non-hydrogen) atoms. The molecule has 0 aliphatic rings. The normalized spacial score (nSPS) is 10.0. The average Bonchev–Trinajstić information content (AvgIpc) is 2.61. The quantitative estimate of drug-likeness (QED) is 0.421. The van der Waals surface area contributed by atoms with Crippen LogP contribution in [0.15, 0.2) is 47.6 Å². The maximum absolute atomic E-state index is 11.1. The standard InChI is InChI=1S/C18H13IN4O2/c19-16-9-13(11-22-23-18(24)7-8-20)5-6-17(16)25-12-15-4-2-1-3-14(15)10-21/h1-6,9,11H,7,12H2,(H,23,24)/b22-11-. The van der Waals surface area contributed by atoms with Crippen LogP contribution in [0.2, 0.25) is 0 Å². The van der Waals surface area contributed by atoms with E-state index in [4.69, 9.17) is 15.3 Å². The lowest BCUT2D eigenvalue weighted by Crippen LogP contribution is -2.16. The minimum absolute atomic E-state index is 0.230. The molecule has 0 radical (unpaired) electrons. The Morgan fingerprint density at radius 2 is 2.08 bits per heavy atom. The van der Waals surface area contributed by atoms with Crippen molar-refractivity contribution < 1.29 is 9.53 Å². The van der Waals surface area contributed by atoms with Gasteiger partial charge in [-0.1, -0.05) is 18.2 Å². The van der Waals surface area contributed by atoms with Gasteiger partial charge in [-0.2, -0.15) is 15.6 Å². The molecule has 124 valence electrons. The summed E-state index contributed by atoms with van der Waals surface area (Å²) in [6.45, 7) is 0.303. The fraction of sp³-hybridized carbons (Fsp3) is 0.111. The maximum atomic E-state index is 11.1. The molecule has 2 aromatic rings. The van der Waals surface area contributed by atoms with Crippen molar-refractivity contribution >= 4 is 34.7 Å². The first-order chi connectivity index (χ1) is 12.1. The van der Waals surface area contributed by atoms with E-state index in [2.05, 4.69) is 39.2 Å². The third kappa shape index (κ3) is 5.59. The van der Waals surface area contributed by atoms with Crippen molar-refractivity contribution in [3.8, 4) is 17.9 Å². The Kier molecular flexibility index (Phi) is 6.93. The number of hydrogen-bond acceptors (Lipinski definition) is 5. The van der Waals surface area contributed by atoms with E-state index in [9.17, 15) is 4.79 Å². The molecule has 1 N–H and O–H groups in total. The van der Waals surface area contributed by atoms with E-state index in [-0.39, 0.29) is 6.42 Å². The van der Waals surface area contributed by atoms with Crippen molar-refractivity contribution in [1.82, 2.24) is 5.43 Å². The predicted octanol–water partition coefficient (Wildman–Crippen LogP) is 3.11. The summed E-state index contributed by atoms with van der Waals surface area (Å²) in [6, 6.07) is 16.6. The topological polar surface area (TPSA) is 98.3 Å². The van der Waals surface area contributed by atoms with Gasteiger partial charge in [-0.25, -0.2) is 5.43 Å². The molecule has 0 aromatic heterocycles.